The van der Waals surface area contributed by atoms with Crippen LogP contribution in [0.4, 0.5) is 0 Å². The van der Waals surface area contributed by atoms with Crippen LogP contribution in [0.15, 0.2) is 36.5 Å². The molecule has 0 fully saturated rings. The summed E-state index contributed by atoms with van der Waals surface area (Å²) in [6.07, 6.45) is 1.73. The van der Waals surface area contributed by atoms with Gasteiger partial charge in [-0.15, -0.1) is 0 Å². The fourth-order valence-electron chi connectivity index (χ4n) is 1.37. The van der Waals surface area contributed by atoms with E-state index in [1.807, 2.05) is 30.3 Å². The lowest BCUT2D eigenvalue weighted by Crippen LogP contribution is -1.84. The molecule has 0 aliphatic carbocycles. The van der Waals surface area contributed by atoms with Crippen LogP contribution in [0.3, 0.4) is 0 Å². The van der Waals surface area contributed by atoms with E-state index in [9.17, 15) is 0 Å². The summed E-state index contributed by atoms with van der Waals surface area (Å²) in [5, 5.41) is 6.87. The average Bonchev–Trinajstić information content (AvgIpc) is 2.80. The third-order valence-electron chi connectivity index (χ3n) is 2.02. The van der Waals surface area contributed by atoms with Crippen molar-refractivity contribution >= 4 is 12.6 Å². The number of aromatic amines is 1. The van der Waals surface area contributed by atoms with Gasteiger partial charge in [-0.3, -0.25) is 5.10 Å². The first-order chi connectivity index (χ1) is 7.42. The molecule has 15 heavy (non-hydrogen) atoms. The molecule has 0 aliphatic heterocycles. The number of H-pyrrole nitrogens is 1. The first kappa shape index (κ1) is 9.88. The van der Waals surface area contributed by atoms with Crippen LogP contribution >= 0.6 is 12.6 Å². The highest BCUT2D eigenvalue weighted by Gasteiger charge is 2.02. The van der Waals surface area contributed by atoms with E-state index in [0.717, 1.165) is 16.8 Å². The lowest BCUT2D eigenvalue weighted by atomic mass is 10.1. The molecule has 0 bridgehead atoms. The monoisotopic (exact) mass is 214 g/mol. The van der Waals surface area contributed by atoms with Crippen LogP contribution in [-0.4, -0.2) is 16.0 Å². The van der Waals surface area contributed by atoms with Crippen LogP contribution in [0, 0.1) is 11.8 Å². The van der Waals surface area contributed by atoms with Gasteiger partial charge in [-0.2, -0.15) is 17.7 Å². The zero-order valence-corrected chi connectivity index (χ0v) is 8.96. The highest BCUT2D eigenvalue weighted by Crippen LogP contribution is 2.19. The number of hydrogen-bond acceptors (Lipinski definition) is 2. The smallest absolute Gasteiger partial charge is 0.0662 e. The Morgan fingerprint density at radius 3 is 2.87 bits per heavy atom. The Balaban J connectivity index is 2.47. The summed E-state index contributed by atoms with van der Waals surface area (Å²) in [4.78, 5) is 0. The molecule has 0 atom stereocenters. The molecule has 1 aromatic carbocycles. The van der Waals surface area contributed by atoms with Crippen LogP contribution < -0.4 is 0 Å². The van der Waals surface area contributed by atoms with E-state index in [1.54, 1.807) is 6.20 Å². The summed E-state index contributed by atoms with van der Waals surface area (Å²) in [7, 11) is 0. The maximum atomic E-state index is 4.07. The molecule has 74 valence electrons. The topological polar surface area (TPSA) is 28.7 Å². The first-order valence-electron chi connectivity index (χ1n) is 4.60. The van der Waals surface area contributed by atoms with Gasteiger partial charge in [-0.05, 0) is 12.1 Å². The first-order valence-corrected chi connectivity index (χ1v) is 5.23. The Bertz CT molecular complexity index is 492. The minimum Gasteiger partial charge on any atom is -0.278 e. The molecule has 2 rings (SSSR count). The van der Waals surface area contributed by atoms with Gasteiger partial charge >= 0.3 is 0 Å². The quantitative estimate of drug-likeness (QED) is 0.553. The van der Waals surface area contributed by atoms with Crippen LogP contribution in [0.2, 0.25) is 0 Å². The summed E-state index contributed by atoms with van der Waals surface area (Å²) < 4.78 is 0. The molecule has 0 saturated carbocycles. The lowest BCUT2D eigenvalue weighted by molar-refractivity contribution is 1.09. The van der Waals surface area contributed by atoms with Crippen LogP contribution in [0.25, 0.3) is 11.3 Å². The average molecular weight is 214 g/mol. The van der Waals surface area contributed by atoms with Gasteiger partial charge in [0.25, 0.3) is 0 Å². The number of aromatic nitrogens is 2. The molecule has 0 aliphatic rings. The van der Waals surface area contributed by atoms with E-state index < -0.39 is 0 Å². The largest absolute Gasteiger partial charge is 0.278 e. The minimum atomic E-state index is 0.567. The lowest BCUT2D eigenvalue weighted by Gasteiger charge is -2.00. The molecule has 0 radical (unpaired) electrons. The highest BCUT2D eigenvalue weighted by atomic mass is 32.1. The number of thiol groups is 1. The van der Waals surface area contributed by atoms with Crippen molar-refractivity contribution in [3.63, 3.8) is 0 Å². The predicted molar refractivity (Wildman–Crippen MR) is 64.8 cm³/mol. The highest BCUT2D eigenvalue weighted by molar-refractivity contribution is 7.80. The van der Waals surface area contributed by atoms with Crippen molar-refractivity contribution in [1.29, 1.82) is 0 Å². The van der Waals surface area contributed by atoms with Gasteiger partial charge in [0.1, 0.15) is 0 Å². The third-order valence-corrected chi connectivity index (χ3v) is 2.18. The number of benzene rings is 1. The van der Waals surface area contributed by atoms with Crippen LogP contribution in [0.5, 0.6) is 0 Å². The van der Waals surface area contributed by atoms with Gasteiger partial charge < -0.3 is 0 Å². The van der Waals surface area contributed by atoms with E-state index in [-0.39, 0.29) is 0 Å². The van der Waals surface area contributed by atoms with E-state index in [4.69, 9.17) is 0 Å². The van der Waals surface area contributed by atoms with Gasteiger partial charge in [-0.25, -0.2) is 0 Å². The van der Waals surface area contributed by atoms with E-state index in [2.05, 4.69) is 34.7 Å². The Labute approximate surface area is 94.1 Å². The maximum absolute atomic E-state index is 4.07. The molecule has 0 unspecified atom stereocenters. The molecule has 2 aromatic rings. The number of hydrogen-bond donors (Lipinski definition) is 2. The van der Waals surface area contributed by atoms with Crippen molar-refractivity contribution in [2.75, 3.05) is 5.75 Å². The fourth-order valence-corrected chi connectivity index (χ4v) is 1.45. The predicted octanol–water partition coefficient (Wildman–Crippen LogP) is 2.36. The number of nitrogens with zero attached hydrogens (tertiary/aromatic N) is 1. The molecule has 2 nitrogen and oxygen atoms in total. The van der Waals surface area contributed by atoms with Gasteiger partial charge in [-0.1, -0.05) is 30.0 Å². The maximum Gasteiger partial charge on any atom is 0.0662 e. The van der Waals surface area contributed by atoms with Crippen molar-refractivity contribution < 1.29 is 0 Å². The van der Waals surface area contributed by atoms with Gasteiger partial charge in [0.05, 0.1) is 11.4 Å². The molecule has 0 spiro atoms. The SMILES string of the molecule is SCC#Cc1ccccc1-c1ccn[nH]1. The van der Waals surface area contributed by atoms with E-state index >= 15 is 0 Å². The Morgan fingerprint density at radius 1 is 1.27 bits per heavy atom. The van der Waals surface area contributed by atoms with Crippen molar-refractivity contribution in [3.05, 3.63) is 42.1 Å². The Kier molecular flexibility index (Phi) is 3.11. The molecule has 1 heterocycles. The standard InChI is InChI=1S/C12H10N2S/c15-9-3-5-10-4-1-2-6-11(10)12-7-8-13-14-12/h1-2,4,6-8,15H,9H2,(H,13,14). The number of rotatable bonds is 1. The van der Waals surface area contributed by atoms with Crippen molar-refractivity contribution in [2.24, 2.45) is 0 Å². The molecule has 1 N–H and O–H groups in total. The molecule has 1 aromatic heterocycles. The zero-order valence-electron chi connectivity index (χ0n) is 8.07. The van der Waals surface area contributed by atoms with E-state index in [1.165, 1.54) is 0 Å². The summed E-state index contributed by atoms with van der Waals surface area (Å²) in [6, 6.07) is 9.91. The van der Waals surface area contributed by atoms with E-state index in [0.29, 0.717) is 5.75 Å². The Morgan fingerprint density at radius 2 is 2.13 bits per heavy atom. The second-order valence-corrected chi connectivity index (χ2v) is 3.29. The fraction of sp³-hybridized carbons (Fsp3) is 0.0833. The van der Waals surface area contributed by atoms with Crippen molar-refractivity contribution in [2.45, 2.75) is 0 Å². The molecular formula is C12H10N2S. The summed E-state index contributed by atoms with van der Waals surface area (Å²) in [5.41, 5.74) is 3.05. The summed E-state index contributed by atoms with van der Waals surface area (Å²) >= 11 is 4.07. The van der Waals surface area contributed by atoms with Gasteiger partial charge in [0, 0.05) is 17.3 Å². The van der Waals surface area contributed by atoms with Crippen LogP contribution in [-0.2, 0) is 0 Å². The molecule has 0 amide bonds. The normalized spacial score (nSPS) is 9.40. The summed E-state index contributed by atoms with van der Waals surface area (Å²) in [6.45, 7) is 0. The van der Waals surface area contributed by atoms with Crippen molar-refractivity contribution in [1.82, 2.24) is 10.2 Å². The molecule has 0 saturated heterocycles. The second kappa shape index (κ2) is 4.72. The summed E-state index contributed by atoms with van der Waals surface area (Å²) in [5.74, 6) is 6.59. The third kappa shape index (κ3) is 2.23. The van der Waals surface area contributed by atoms with Crippen LogP contribution in [0.1, 0.15) is 5.56 Å². The van der Waals surface area contributed by atoms with Crippen molar-refractivity contribution in [3.8, 4) is 23.1 Å². The second-order valence-electron chi connectivity index (χ2n) is 2.98. The molecule has 3 heteroatoms. The minimum absolute atomic E-state index is 0.567. The molecular weight excluding hydrogens is 204 g/mol. The Hall–Kier alpha value is -1.66. The van der Waals surface area contributed by atoms with Gasteiger partial charge in [0.2, 0.25) is 0 Å². The van der Waals surface area contributed by atoms with Gasteiger partial charge in [0.15, 0.2) is 0 Å². The zero-order chi connectivity index (χ0) is 10.5. The number of nitrogens with one attached hydrogen (secondary N) is 1.